The van der Waals surface area contributed by atoms with Gasteiger partial charge >= 0.3 is 0 Å². The Bertz CT molecular complexity index is 672. The maximum absolute atomic E-state index is 5.59. The van der Waals surface area contributed by atoms with Gasteiger partial charge in [0.05, 0.1) is 12.8 Å². The predicted octanol–water partition coefficient (Wildman–Crippen LogP) is 4.11. The van der Waals surface area contributed by atoms with Crippen LogP contribution in [-0.4, -0.2) is 25.2 Å². The number of benzene rings is 1. The van der Waals surface area contributed by atoms with Crippen molar-refractivity contribution in [3.05, 3.63) is 54.4 Å². The zero-order chi connectivity index (χ0) is 15.8. The molecule has 1 heterocycles. The van der Waals surface area contributed by atoms with Crippen molar-refractivity contribution in [1.82, 2.24) is 4.98 Å². The first kappa shape index (κ1) is 14.6. The van der Waals surface area contributed by atoms with E-state index in [9.17, 15) is 0 Å². The number of para-hydroxylation sites is 2. The Balaban J connectivity index is 1.71. The monoisotopic (exact) mass is 308 g/mol. The number of ether oxygens (including phenoxy) is 1. The highest BCUT2D eigenvalue weighted by Crippen LogP contribution is 2.55. The number of pyridine rings is 1. The lowest BCUT2D eigenvalue weighted by Crippen LogP contribution is -2.41. The molecule has 4 rings (SSSR count). The minimum Gasteiger partial charge on any atom is -0.495 e. The minimum absolute atomic E-state index is 0.514. The van der Waals surface area contributed by atoms with Gasteiger partial charge in [0.15, 0.2) is 0 Å². The van der Waals surface area contributed by atoms with Crippen LogP contribution in [0.15, 0.2) is 48.7 Å². The third-order valence-corrected chi connectivity index (χ3v) is 5.81. The molecule has 23 heavy (non-hydrogen) atoms. The second-order valence-electron chi connectivity index (χ2n) is 6.89. The topological polar surface area (TPSA) is 25.4 Å². The molecule has 2 saturated carbocycles. The SMILES string of the molecule is COc1ccccc1N(C)C1C2CCC(C2)C1c1ccccn1. The van der Waals surface area contributed by atoms with Gasteiger partial charge in [-0.3, -0.25) is 4.98 Å². The molecule has 0 N–H and O–H groups in total. The summed E-state index contributed by atoms with van der Waals surface area (Å²) in [6.45, 7) is 0. The summed E-state index contributed by atoms with van der Waals surface area (Å²) in [5, 5.41) is 0. The molecule has 120 valence electrons. The lowest BCUT2D eigenvalue weighted by molar-refractivity contribution is 0.346. The van der Waals surface area contributed by atoms with Gasteiger partial charge in [0.25, 0.3) is 0 Å². The molecule has 2 bridgehead atoms. The number of aromatic nitrogens is 1. The Labute approximate surface area is 138 Å². The summed E-state index contributed by atoms with van der Waals surface area (Å²) in [6, 6.07) is 15.2. The Morgan fingerprint density at radius 1 is 1.04 bits per heavy atom. The molecule has 0 saturated heterocycles. The van der Waals surface area contributed by atoms with Gasteiger partial charge < -0.3 is 9.64 Å². The van der Waals surface area contributed by atoms with Crippen molar-refractivity contribution in [3.8, 4) is 5.75 Å². The first-order chi connectivity index (χ1) is 11.3. The van der Waals surface area contributed by atoms with Gasteiger partial charge in [0, 0.05) is 30.9 Å². The standard InChI is InChI=1S/C20H24N2O/c1-22(17-8-3-4-9-18(17)23-2)20-15-11-10-14(13-15)19(20)16-7-5-6-12-21-16/h3-9,12,14-15,19-20H,10-11,13H2,1-2H3. The highest BCUT2D eigenvalue weighted by molar-refractivity contribution is 5.59. The fraction of sp³-hybridized carbons (Fsp3) is 0.450. The molecule has 0 radical (unpaired) electrons. The summed E-state index contributed by atoms with van der Waals surface area (Å²) in [7, 11) is 3.98. The maximum atomic E-state index is 5.59. The van der Waals surface area contributed by atoms with Gasteiger partial charge in [-0.05, 0) is 55.4 Å². The summed E-state index contributed by atoms with van der Waals surface area (Å²) >= 11 is 0. The third-order valence-electron chi connectivity index (χ3n) is 5.81. The highest BCUT2D eigenvalue weighted by Gasteiger charge is 2.50. The zero-order valence-electron chi connectivity index (χ0n) is 13.9. The number of fused-ring (bicyclic) bond motifs is 2. The lowest BCUT2D eigenvalue weighted by Gasteiger charge is -2.39. The van der Waals surface area contributed by atoms with Crippen LogP contribution in [0.4, 0.5) is 5.69 Å². The van der Waals surface area contributed by atoms with Crippen LogP contribution in [0.1, 0.15) is 30.9 Å². The van der Waals surface area contributed by atoms with E-state index in [4.69, 9.17) is 9.72 Å². The van der Waals surface area contributed by atoms with Gasteiger partial charge in [-0.25, -0.2) is 0 Å². The van der Waals surface area contributed by atoms with Crippen molar-refractivity contribution in [2.45, 2.75) is 31.2 Å². The van der Waals surface area contributed by atoms with Crippen LogP contribution in [0.3, 0.4) is 0 Å². The number of methoxy groups -OCH3 is 1. The molecule has 3 nitrogen and oxygen atoms in total. The van der Waals surface area contributed by atoms with E-state index < -0.39 is 0 Å². The largest absolute Gasteiger partial charge is 0.495 e. The average molecular weight is 308 g/mol. The van der Waals surface area contributed by atoms with Crippen molar-refractivity contribution in [3.63, 3.8) is 0 Å². The van der Waals surface area contributed by atoms with Crippen LogP contribution in [0, 0.1) is 11.8 Å². The second-order valence-corrected chi connectivity index (χ2v) is 6.89. The molecule has 0 spiro atoms. The molecule has 2 aromatic rings. The lowest BCUT2D eigenvalue weighted by atomic mass is 9.81. The molecule has 0 aliphatic heterocycles. The van der Waals surface area contributed by atoms with E-state index in [2.05, 4.69) is 42.3 Å². The Morgan fingerprint density at radius 3 is 2.61 bits per heavy atom. The van der Waals surface area contributed by atoms with Crippen molar-refractivity contribution in [2.75, 3.05) is 19.1 Å². The molecule has 2 aliphatic carbocycles. The van der Waals surface area contributed by atoms with E-state index in [1.54, 1.807) is 7.11 Å². The number of hydrogen-bond donors (Lipinski definition) is 0. The van der Waals surface area contributed by atoms with Gasteiger partial charge in [-0.1, -0.05) is 18.2 Å². The van der Waals surface area contributed by atoms with Crippen LogP contribution in [-0.2, 0) is 0 Å². The normalized spacial score (nSPS) is 28.8. The average Bonchev–Trinajstić information content (AvgIpc) is 3.23. The molecule has 1 aromatic heterocycles. The molecular weight excluding hydrogens is 284 g/mol. The number of likely N-dealkylation sites (N-methyl/N-ethyl adjacent to an activating group) is 1. The number of anilines is 1. The van der Waals surface area contributed by atoms with Gasteiger partial charge in [0.2, 0.25) is 0 Å². The quantitative estimate of drug-likeness (QED) is 0.850. The van der Waals surface area contributed by atoms with Crippen molar-refractivity contribution < 1.29 is 4.74 Å². The molecular formula is C20H24N2O. The Hall–Kier alpha value is -2.03. The molecule has 0 amide bonds. The highest BCUT2D eigenvalue weighted by atomic mass is 16.5. The Morgan fingerprint density at radius 2 is 1.83 bits per heavy atom. The van der Waals surface area contributed by atoms with E-state index in [1.165, 1.54) is 30.6 Å². The van der Waals surface area contributed by atoms with E-state index in [0.29, 0.717) is 12.0 Å². The first-order valence-electron chi connectivity index (χ1n) is 8.56. The number of nitrogens with zero attached hydrogens (tertiary/aromatic N) is 2. The summed E-state index contributed by atoms with van der Waals surface area (Å²) in [4.78, 5) is 7.14. The smallest absolute Gasteiger partial charge is 0.142 e. The van der Waals surface area contributed by atoms with E-state index in [0.717, 1.165) is 17.6 Å². The van der Waals surface area contributed by atoms with Gasteiger partial charge in [0.1, 0.15) is 5.75 Å². The first-order valence-corrected chi connectivity index (χ1v) is 8.56. The zero-order valence-corrected chi connectivity index (χ0v) is 13.9. The predicted molar refractivity (Wildman–Crippen MR) is 93.0 cm³/mol. The molecule has 3 heteroatoms. The van der Waals surface area contributed by atoms with Crippen molar-refractivity contribution in [1.29, 1.82) is 0 Å². The summed E-state index contributed by atoms with van der Waals surface area (Å²) < 4.78 is 5.59. The van der Waals surface area contributed by atoms with Crippen LogP contribution >= 0.6 is 0 Å². The summed E-state index contributed by atoms with van der Waals surface area (Å²) in [6.07, 6.45) is 5.97. The van der Waals surface area contributed by atoms with Crippen molar-refractivity contribution in [2.24, 2.45) is 11.8 Å². The maximum Gasteiger partial charge on any atom is 0.142 e. The van der Waals surface area contributed by atoms with E-state index in [-0.39, 0.29) is 0 Å². The molecule has 4 atom stereocenters. The van der Waals surface area contributed by atoms with E-state index >= 15 is 0 Å². The fourth-order valence-corrected chi connectivity index (χ4v) is 4.89. The van der Waals surface area contributed by atoms with Crippen LogP contribution in [0.2, 0.25) is 0 Å². The fourth-order valence-electron chi connectivity index (χ4n) is 4.89. The minimum atomic E-state index is 0.514. The summed E-state index contributed by atoms with van der Waals surface area (Å²) in [5.74, 6) is 3.03. The third kappa shape index (κ3) is 2.39. The second kappa shape index (κ2) is 5.88. The molecule has 2 aliphatic rings. The van der Waals surface area contributed by atoms with Gasteiger partial charge in [-0.15, -0.1) is 0 Å². The van der Waals surface area contributed by atoms with Crippen LogP contribution in [0.5, 0.6) is 5.75 Å². The number of rotatable bonds is 4. The van der Waals surface area contributed by atoms with Crippen molar-refractivity contribution >= 4 is 5.69 Å². The Kier molecular flexibility index (Phi) is 3.72. The molecule has 4 unspecified atom stereocenters. The molecule has 2 fully saturated rings. The molecule has 1 aromatic carbocycles. The van der Waals surface area contributed by atoms with Crippen LogP contribution < -0.4 is 9.64 Å². The number of hydrogen-bond acceptors (Lipinski definition) is 3. The van der Waals surface area contributed by atoms with Gasteiger partial charge in [-0.2, -0.15) is 0 Å². The van der Waals surface area contributed by atoms with Crippen LogP contribution in [0.25, 0.3) is 0 Å². The summed E-state index contributed by atoms with van der Waals surface area (Å²) in [5.41, 5.74) is 2.44. The van der Waals surface area contributed by atoms with E-state index in [1.807, 2.05) is 18.3 Å².